The fourth-order valence-corrected chi connectivity index (χ4v) is 3.31. The fraction of sp³-hybridized carbons (Fsp3) is 0.200. The van der Waals surface area contributed by atoms with Crippen LogP contribution in [0.1, 0.15) is 12.5 Å². The third-order valence-electron chi connectivity index (χ3n) is 3.75. The molecule has 0 aliphatic carbocycles. The molecule has 1 amide bonds. The lowest BCUT2D eigenvalue weighted by atomic mass is 10.1. The number of amides is 1. The summed E-state index contributed by atoms with van der Waals surface area (Å²) in [5.74, 6) is 1.94. The Morgan fingerprint density at radius 1 is 1.07 bits per heavy atom. The van der Waals surface area contributed by atoms with E-state index in [0.29, 0.717) is 28.2 Å². The number of aliphatic imine (C=N–C) groups is 1. The summed E-state index contributed by atoms with van der Waals surface area (Å²) >= 11 is 1.28. The first-order chi connectivity index (χ1) is 13.1. The van der Waals surface area contributed by atoms with Crippen molar-refractivity contribution >= 4 is 34.6 Å². The van der Waals surface area contributed by atoms with E-state index < -0.39 is 0 Å². The fourth-order valence-electron chi connectivity index (χ4n) is 2.47. The summed E-state index contributed by atoms with van der Waals surface area (Å²) in [6, 6.07) is 12.8. The van der Waals surface area contributed by atoms with Gasteiger partial charge in [-0.3, -0.25) is 4.79 Å². The molecule has 140 valence electrons. The third kappa shape index (κ3) is 4.62. The minimum absolute atomic E-state index is 0.199. The number of amidine groups is 1. The van der Waals surface area contributed by atoms with Crippen LogP contribution in [0, 0.1) is 0 Å². The second kappa shape index (κ2) is 8.64. The highest BCUT2D eigenvalue weighted by Crippen LogP contribution is 2.32. The summed E-state index contributed by atoms with van der Waals surface area (Å²) in [4.78, 5) is 17.3. The molecule has 7 heteroatoms. The molecule has 0 saturated carbocycles. The molecule has 3 rings (SSSR count). The molecule has 0 aromatic heterocycles. The number of carbonyl (C=O) groups excluding carboxylic acids is 1. The second-order valence-electron chi connectivity index (χ2n) is 5.52. The molecular formula is C20H20N2O4S. The van der Waals surface area contributed by atoms with Gasteiger partial charge in [0, 0.05) is 5.56 Å². The Balaban J connectivity index is 1.82. The smallest absolute Gasteiger partial charge is 0.264 e. The van der Waals surface area contributed by atoms with E-state index in [1.807, 2.05) is 43.3 Å². The van der Waals surface area contributed by atoms with Gasteiger partial charge in [0.15, 0.2) is 5.17 Å². The molecule has 0 unspecified atom stereocenters. The van der Waals surface area contributed by atoms with Gasteiger partial charge >= 0.3 is 0 Å². The normalized spacial score (nSPS) is 16.5. The highest BCUT2D eigenvalue weighted by Gasteiger charge is 2.24. The number of benzene rings is 2. The van der Waals surface area contributed by atoms with E-state index in [0.717, 1.165) is 17.0 Å². The van der Waals surface area contributed by atoms with Gasteiger partial charge in [-0.25, -0.2) is 4.99 Å². The van der Waals surface area contributed by atoms with Crippen LogP contribution >= 0.6 is 11.8 Å². The van der Waals surface area contributed by atoms with Gasteiger partial charge in [-0.2, -0.15) is 0 Å². The van der Waals surface area contributed by atoms with Crippen molar-refractivity contribution in [3.05, 3.63) is 52.9 Å². The summed E-state index contributed by atoms with van der Waals surface area (Å²) < 4.78 is 16.0. The maximum Gasteiger partial charge on any atom is 0.264 e. The number of ether oxygens (including phenoxy) is 3. The molecule has 1 aliphatic heterocycles. The van der Waals surface area contributed by atoms with Crippen molar-refractivity contribution in [3.8, 4) is 17.2 Å². The van der Waals surface area contributed by atoms with Crippen molar-refractivity contribution in [1.29, 1.82) is 0 Å². The van der Waals surface area contributed by atoms with Crippen molar-refractivity contribution in [1.82, 2.24) is 5.32 Å². The molecule has 6 nitrogen and oxygen atoms in total. The molecule has 1 aliphatic rings. The predicted molar refractivity (Wildman–Crippen MR) is 108 cm³/mol. The predicted octanol–water partition coefficient (Wildman–Crippen LogP) is 3.99. The third-order valence-corrected chi connectivity index (χ3v) is 4.66. The van der Waals surface area contributed by atoms with Crippen molar-refractivity contribution < 1.29 is 19.0 Å². The molecule has 0 radical (unpaired) electrons. The van der Waals surface area contributed by atoms with Crippen LogP contribution in [0.3, 0.4) is 0 Å². The van der Waals surface area contributed by atoms with Gasteiger partial charge in [0.05, 0.1) is 31.4 Å². The molecule has 1 fully saturated rings. The first-order valence-electron chi connectivity index (χ1n) is 8.37. The van der Waals surface area contributed by atoms with Crippen LogP contribution in [0.4, 0.5) is 5.69 Å². The maximum atomic E-state index is 12.3. The van der Waals surface area contributed by atoms with Crippen LogP contribution in [-0.2, 0) is 4.79 Å². The van der Waals surface area contributed by atoms with Gasteiger partial charge in [-0.05, 0) is 67.2 Å². The Morgan fingerprint density at radius 2 is 1.81 bits per heavy atom. The first kappa shape index (κ1) is 18.8. The Bertz CT molecular complexity index is 891. The number of hydrogen-bond acceptors (Lipinski definition) is 6. The summed E-state index contributed by atoms with van der Waals surface area (Å²) in [5.41, 5.74) is 1.50. The summed E-state index contributed by atoms with van der Waals surface area (Å²) in [5, 5.41) is 3.31. The van der Waals surface area contributed by atoms with Crippen molar-refractivity contribution in [2.24, 2.45) is 4.99 Å². The molecule has 1 heterocycles. The number of nitrogens with zero attached hydrogens (tertiary/aromatic N) is 1. The lowest BCUT2D eigenvalue weighted by Gasteiger charge is -2.07. The Labute approximate surface area is 162 Å². The van der Waals surface area contributed by atoms with E-state index in [2.05, 4.69) is 10.3 Å². The quantitative estimate of drug-likeness (QED) is 0.763. The lowest BCUT2D eigenvalue weighted by molar-refractivity contribution is -0.115. The van der Waals surface area contributed by atoms with Gasteiger partial charge in [-0.15, -0.1) is 0 Å². The topological polar surface area (TPSA) is 69.2 Å². The first-order valence-corrected chi connectivity index (χ1v) is 9.19. The highest BCUT2D eigenvalue weighted by atomic mass is 32.2. The van der Waals surface area contributed by atoms with Crippen molar-refractivity contribution in [2.45, 2.75) is 6.92 Å². The monoisotopic (exact) mass is 384 g/mol. The minimum Gasteiger partial charge on any atom is -0.497 e. The zero-order valence-electron chi connectivity index (χ0n) is 15.3. The molecule has 2 aromatic rings. The minimum atomic E-state index is -0.199. The molecule has 27 heavy (non-hydrogen) atoms. The van der Waals surface area contributed by atoms with E-state index in [9.17, 15) is 4.79 Å². The Morgan fingerprint density at radius 3 is 2.48 bits per heavy atom. The van der Waals surface area contributed by atoms with Crippen LogP contribution in [0.5, 0.6) is 17.2 Å². The van der Waals surface area contributed by atoms with Crippen LogP contribution < -0.4 is 19.5 Å². The highest BCUT2D eigenvalue weighted by molar-refractivity contribution is 8.18. The Hall–Kier alpha value is -2.93. The summed E-state index contributed by atoms with van der Waals surface area (Å²) in [6.07, 6.45) is 1.77. The molecule has 0 spiro atoms. The standard InChI is InChI=1S/C20H20N2O4S/c1-4-26-15-7-5-14(6-8-15)21-20-22-19(23)18(27-20)12-13-11-16(24-2)9-10-17(13)25-3/h5-12H,4H2,1-3H3,(H,21,22,23)/b18-12+. The average Bonchev–Trinajstić information content (AvgIpc) is 3.02. The van der Waals surface area contributed by atoms with E-state index >= 15 is 0 Å². The van der Waals surface area contributed by atoms with Gasteiger partial charge in [0.2, 0.25) is 0 Å². The van der Waals surface area contributed by atoms with E-state index in [-0.39, 0.29) is 5.91 Å². The molecule has 0 atom stereocenters. The van der Waals surface area contributed by atoms with Crippen molar-refractivity contribution in [3.63, 3.8) is 0 Å². The van der Waals surface area contributed by atoms with Crippen LogP contribution in [-0.4, -0.2) is 31.9 Å². The number of rotatable bonds is 6. The number of thioether (sulfide) groups is 1. The number of methoxy groups -OCH3 is 2. The number of nitrogens with one attached hydrogen (secondary N) is 1. The number of carbonyl (C=O) groups is 1. The van der Waals surface area contributed by atoms with E-state index in [1.54, 1.807) is 26.4 Å². The second-order valence-corrected chi connectivity index (χ2v) is 6.55. The van der Waals surface area contributed by atoms with Gasteiger partial charge < -0.3 is 19.5 Å². The zero-order valence-corrected chi connectivity index (χ0v) is 16.1. The van der Waals surface area contributed by atoms with Crippen LogP contribution in [0.25, 0.3) is 6.08 Å². The molecule has 2 aromatic carbocycles. The molecule has 1 N–H and O–H groups in total. The van der Waals surface area contributed by atoms with E-state index in [1.165, 1.54) is 11.8 Å². The Kier molecular flexibility index (Phi) is 6.03. The average molecular weight is 384 g/mol. The molecule has 1 saturated heterocycles. The zero-order chi connectivity index (χ0) is 19.2. The SMILES string of the molecule is CCOc1ccc(N=C2NC(=O)/C(=C\c3cc(OC)ccc3OC)S2)cc1. The van der Waals surface area contributed by atoms with Crippen LogP contribution in [0.15, 0.2) is 52.4 Å². The molecular weight excluding hydrogens is 364 g/mol. The van der Waals surface area contributed by atoms with Crippen molar-refractivity contribution in [2.75, 3.05) is 20.8 Å². The van der Waals surface area contributed by atoms with Gasteiger partial charge in [0.25, 0.3) is 5.91 Å². The van der Waals surface area contributed by atoms with Gasteiger partial charge in [-0.1, -0.05) is 0 Å². The molecule has 0 bridgehead atoms. The number of hydrogen-bond donors (Lipinski definition) is 1. The van der Waals surface area contributed by atoms with E-state index in [4.69, 9.17) is 14.2 Å². The van der Waals surface area contributed by atoms with Gasteiger partial charge in [0.1, 0.15) is 17.2 Å². The summed E-state index contributed by atoms with van der Waals surface area (Å²) in [7, 11) is 3.18. The largest absolute Gasteiger partial charge is 0.497 e. The summed E-state index contributed by atoms with van der Waals surface area (Å²) in [6.45, 7) is 2.55. The van der Waals surface area contributed by atoms with Crippen LogP contribution in [0.2, 0.25) is 0 Å². The maximum absolute atomic E-state index is 12.3. The lowest BCUT2D eigenvalue weighted by Crippen LogP contribution is -2.19.